The summed E-state index contributed by atoms with van der Waals surface area (Å²) in [7, 11) is 0. The second kappa shape index (κ2) is 17.5. The minimum absolute atomic E-state index is 0.00446. The quantitative estimate of drug-likeness (QED) is 0.117. The third-order valence-corrected chi connectivity index (χ3v) is 19.3. The largest absolute Gasteiger partial charge is 0.481 e. The second-order valence-electron chi connectivity index (χ2n) is 23.5. The summed E-state index contributed by atoms with van der Waals surface area (Å²) in [6.45, 7) is 16.6. The molecule has 0 bridgehead atoms. The van der Waals surface area contributed by atoms with Crippen LogP contribution in [0.1, 0.15) is 120 Å². The van der Waals surface area contributed by atoms with Gasteiger partial charge in [-0.15, -0.1) is 0 Å². The lowest BCUT2D eigenvalue weighted by atomic mass is 9.33. The van der Waals surface area contributed by atoms with Gasteiger partial charge in [-0.3, -0.25) is 4.79 Å². The minimum atomic E-state index is -2.00. The number of fused-ring (bicyclic) bond motifs is 7. The van der Waals surface area contributed by atoms with Crippen LogP contribution < -0.4 is 0 Å². The van der Waals surface area contributed by atoms with E-state index in [0.29, 0.717) is 25.2 Å². The Hall–Kier alpha value is -1.88. The summed E-state index contributed by atoms with van der Waals surface area (Å²) in [5, 5.41) is 107. The summed E-state index contributed by atoms with van der Waals surface area (Å²) in [4.78, 5) is 25.9. The predicted octanol–water partition coefficient (Wildman–Crippen LogP) is 1.83. The number of carboxylic acid groups (broad SMARTS) is 2. The molecule has 0 aromatic rings. The zero-order valence-electron chi connectivity index (χ0n) is 39.6. The summed E-state index contributed by atoms with van der Waals surface area (Å²) in [5.74, 6) is -1.77. The van der Waals surface area contributed by atoms with Gasteiger partial charge in [-0.2, -0.15) is 0 Å². The molecule has 4 saturated carbocycles. The Morgan fingerprint density at radius 1 is 0.667 bits per heavy atom. The van der Waals surface area contributed by atoms with E-state index in [-0.39, 0.29) is 33.5 Å². The minimum Gasteiger partial charge on any atom is -0.481 e. The van der Waals surface area contributed by atoms with Gasteiger partial charge in [0.1, 0.15) is 61.0 Å². The molecule has 66 heavy (non-hydrogen) atoms. The van der Waals surface area contributed by atoms with Crippen LogP contribution in [0.2, 0.25) is 0 Å². The van der Waals surface area contributed by atoms with Crippen molar-refractivity contribution in [1.29, 1.82) is 0 Å². The van der Waals surface area contributed by atoms with Crippen LogP contribution in [0.25, 0.3) is 0 Å². The third kappa shape index (κ3) is 7.74. The highest BCUT2D eigenvalue weighted by atomic mass is 16.8. The van der Waals surface area contributed by atoms with E-state index in [1.807, 2.05) is 0 Å². The first-order chi connectivity index (χ1) is 30.7. The van der Waals surface area contributed by atoms with Crippen molar-refractivity contribution in [3.8, 4) is 0 Å². The highest BCUT2D eigenvalue weighted by Crippen LogP contribution is 2.76. The summed E-state index contributed by atoms with van der Waals surface area (Å²) in [6, 6.07) is 0. The standard InChI is InChI=1S/C48H76O18/c1-21-28(50)29(51)32(54)39(61-21)64-35-24(20-49)62-40(33(55)30(35)52)65-36-31(53)34(56)41(66-37(36)38(57)58)63-27-12-13-45(6)25(44(27,4)5)11-14-47(8)26(45)10-9-22-23-19-43(2,3)15-17-48(23,42(59)60)18-16-46(22,47)7/h9,21,23-37,39-41,49-56H,10-20H2,1-8H3,(H,57,58)(H,59,60)/t21-,23-,24+,25-,26+,27-,28-,29+,30+,31+,32+,33+,34+,35+,36-,37-,39-,40-,41+,45-,46+,47+,48-/m0/s1. The molecule has 18 nitrogen and oxygen atoms in total. The van der Waals surface area contributed by atoms with E-state index in [9.17, 15) is 60.7 Å². The van der Waals surface area contributed by atoms with Gasteiger partial charge in [0.05, 0.1) is 24.2 Å². The molecule has 18 heteroatoms. The molecule has 3 saturated heterocycles. The van der Waals surface area contributed by atoms with Crippen LogP contribution in [0.3, 0.4) is 0 Å². The summed E-state index contributed by atoms with van der Waals surface area (Å²) in [6.07, 6.45) is -15.7. The van der Waals surface area contributed by atoms with Gasteiger partial charge in [0, 0.05) is 0 Å². The molecule has 0 unspecified atom stereocenters. The molecule has 23 atom stereocenters. The fraction of sp³-hybridized carbons (Fsp3) is 0.917. The van der Waals surface area contributed by atoms with Crippen molar-refractivity contribution in [2.75, 3.05) is 6.61 Å². The van der Waals surface area contributed by atoms with Crippen molar-refractivity contribution < 1.29 is 89.1 Å². The summed E-state index contributed by atoms with van der Waals surface area (Å²) >= 11 is 0. The zero-order valence-corrected chi connectivity index (χ0v) is 39.6. The van der Waals surface area contributed by atoms with Crippen LogP contribution in [0.4, 0.5) is 0 Å². The van der Waals surface area contributed by atoms with Crippen molar-refractivity contribution in [2.24, 2.45) is 50.2 Å². The number of rotatable bonds is 9. The van der Waals surface area contributed by atoms with E-state index in [2.05, 4.69) is 54.5 Å². The normalized spacial score (nSPS) is 53.3. The van der Waals surface area contributed by atoms with Gasteiger partial charge in [-0.25, -0.2) is 4.79 Å². The van der Waals surface area contributed by atoms with Crippen LogP contribution >= 0.6 is 0 Å². The predicted molar refractivity (Wildman–Crippen MR) is 230 cm³/mol. The molecule has 0 spiro atoms. The summed E-state index contributed by atoms with van der Waals surface area (Å²) in [5.41, 5.74) is -0.173. The fourth-order valence-corrected chi connectivity index (χ4v) is 15.1. The van der Waals surface area contributed by atoms with Crippen LogP contribution in [0.15, 0.2) is 11.6 Å². The highest BCUT2D eigenvalue weighted by molar-refractivity contribution is 5.76. The topological polar surface area (TPSA) is 292 Å². The van der Waals surface area contributed by atoms with Crippen molar-refractivity contribution in [3.63, 3.8) is 0 Å². The monoisotopic (exact) mass is 941 g/mol. The molecule has 7 fully saturated rings. The lowest BCUT2D eigenvalue weighted by Crippen LogP contribution is -2.67. The van der Waals surface area contributed by atoms with E-state index in [1.54, 1.807) is 0 Å². The van der Waals surface area contributed by atoms with E-state index in [4.69, 9.17) is 28.4 Å². The van der Waals surface area contributed by atoms with Gasteiger partial charge < -0.3 is 79.5 Å². The summed E-state index contributed by atoms with van der Waals surface area (Å²) < 4.78 is 35.0. The lowest BCUT2D eigenvalue weighted by Gasteiger charge is -2.71. The van der Waals surface area contributed by atoms with Gasteiger partial charge >= 0.3 is 11.9 Å². The number of ether oxygens (including phenoxy) is 6. The Balaban J connectivity index is 0.958. The maximum Gasteiger partial charge on any atom is 0.335 e. The number of aliphatic hydroxyl groups excluding tert-OH is 8. The molecule has 0 aromatic carbocycles. The van der Waals surface area contributed by atoms with E-state index >= 15 is 0 Å². The number of carbonyl (C=O) groups is 2. The number of aliphatic carboxylic acids is 2. The van der Waals surface area contributed by atoms with Gasteiger partial charge in [0.15, 0.2) is 25.0 Å². The van der Waals surface area contributed by atoms with Gasteiger partial charge in [-0.1, -0.05) is 60.1 Å². The van der Waals surface area contributed by atoms with Gasteiger partial charge in [-0.05, 0) is 116 Å². The zero-order chi connectivity index (χ0) is 48.4. The highest BCUT2D eigenvalue weighted by Gasteiger charge is 2.70. The molecule has 376 valence electrons. The number of aliphatic hydroxyl groups is 8. The van der Waals surface area contributed by atoms with Gasteiger partial charge in [0.2, 0.25) is 0 Å². The number of carboxylic acids is 2. The van der Waals surface area contributed by atoms with Crippen LogP contribution in [0, 0.1) is 50.2 Å². The third-order valence-electron chi connectivity index (χ3n) is 19.3. The molecular formula is C48H76O18. The SMILES string of the molecule is C[C@@H]1O[C@@H](O[C@H]2[C@H](O)[C@@H](O)[C@H](O[C@H]3[C@H](O)[C@@H](O)[C@H](O[C@H]4CC[C@]5(C)[C@H]6CC=C7[C@@H]8CC(C)(C)CC[C@]8(C(=O)O)CC[C@@]7(C)[C@]6(C)CC[C@H]5C4(C)C)O[C@@H]3C(=O)O)O[C@@H]2CO)[C@H](O)[C@H](O)[C@H]1O. The molecule has 8 rings (SSSR count). The number of allylic oxidation sites excluding steroid dienone is 2. The molecule has 10 N–H and O–H groups in total. The molecule has 0 amide bonds. The molecule has 3 heterocycles. The van der Waals surface area contributed by atoms with Crippen molar-refractivity contribution in [3.05, 3.63) is 11.6 Å². The molecular weight excluding hydrogens is 865 g/mol. The number of hydrogen-bond acceptors (Lipinski definition) is 16. The Morgan fingerprint density at radius 3 is 1.89 bits per heavy atom. The van der Waals surface area contributed by atoms with Crippen LogP contribution in [-0.4, -0.2) is 168 Å². The van der Waals surface area contributed by atoms with E-state index < -0.39 is 128 Å². The van der Waals surface area contributed by atoms with Crippen molar-refractivity contribution in [1.82, 2.24) is 0 Å². The Kier molecular flexibility index (Phi) is 13.4. The Labute approximate surface area is 386 Å². The van der Waals surface area contributed by atoms with Gasteiger partial charge in [0.25, 0.3) is 0 Å². The van der Waals surface area contributed by atoms with E-state index in [1.165, 1.54) is 12.5 Å². The Morgan fingerprint density at radius 2 is 1.26 bits per heavy atom. The Bertz CT molecular complexity index is 1860. The molecule has 0 radical (unpaired) electrons. The van der Waals surface area contributed by atoms with Crippen molar-refractivity contribution >= 4 is 11.9 Å². The molecule has 3 aliphatic heterocycles. The smallest absolute Gasteiger partial charge is 0.335 e. The maximum atomic E-state index is 13.1. The first-order valence-corrected chi connectivity index (χ1v) is 24.2. The average Bonchev–Trinajstić information content (AvgIpc) is 3.24. The second-order valence-corrected chi connectivity index (χ2v) is 23.5. The van der Waals surface area contributed by atoms with Crippen LogP contribution in [-0.2, 0) is 38.0 Å². The number of hydrogen-bond donors (Lipinski definition) is 10. The molecule has 0 aromatic heterocycles. The van der Waals surface area contributed by atoms with E-state index in [0.717, 1.165) is 44.9 Å². The first kappa shape index (κ1) is 50.5. The molecule has 8 aliphatic rings. The van der Waals surface area contributed by atoms with Crippen LogP contribution in [0.5, 0.6) is 0 Å². The van der Waals surface area contributed by atoms with Crippen molar-refractivity contribution in [2.45, 2.75) is 218 Å². The lowest BCUT2D eigenvalue weighted by molar-refractivity contribution is -0.379. The first-order valence-electron chi connectivity index (χ1n) is 24.2. The molecule has 5 aliphatic carbocycles. The fourth-order valence-electron chi connectivity index (χ4n) is 15.1. The average molecular weight is 941 g/mol. The maximum absolute atomic E-state index is 13.1.